The molecular weight excluding hydrogens is 354 g/mol. The summed E-state index contributed by atoms with van der Waals surface area (Å²) in [6.45, 7) is 6.08. The third-order valence-corrected chi connectivity index (χ3v) is 4.06. The number of benzene rings is 1. The summed E-state index contributed by atoms with van der Waals surface area (Å²) < 4.78 is 8.70. The fraction of sp³-hybridized carbons (Fsp3) is 0.400. The van der Waals surface area contributed by atoms with Crippen LogP contribution in [-0.2, 0) is 0 Å². The van der Waals surface area contributed by atoms with Gasteiger partial charge in [-0.05, 0) is 54.9 Å². The van der Waals surface area contributed by atoms with E-state index in [0.29, 0.717) is 10.8 Å². The summed E-state index contributed by atoms with van der Waals surface area (Å²) in [5.41, 5.74) is 7.29. The SMILES string of the molecule is CC(Oc1cccc(Cl)c1)C(N)c1c(Br)cnn1C(C)C. The number of nitrogens with two attached hydrogens (primary N) is 1. The molecule has 0 aliphatic rings. The second kappa shape index (κ2) is 6.81. The molecule has 114 valence electrons. The Morgan fingerprint density at radius 3 is 2.67 bits per heavy atom. The minimum absolute atomic E-state index is 0.214. The van der Waals surface area contributed by atoms with Crippen LogP contribution in [0.25, 0.3) is 0 Å². The Bertz CT molecular complexity index is 615. The van der Waals surface area contributed by atoms with Crippen molar-refractivity contribution in [3.8, 4) is 5.75 Å². The highest BCUT2D eigenvalue weighted by Crippen LogP contribution is 2.28. The smallest absolute Gasteiger partial charge is 0.121 e. The molecule has 2 rings (SSSR count). The maximum Gasteiger partial charge on any atom is 0.121 e. The Hall–Kier alpha value is -1.04. The first-order valence-corrected chi connectivity index (χ1v) is 7.98. The molecule has 0 spiro atoms. The highest BCUT2D eigenvalue weighted by molar-refractivity contribution is 9.10. The normalized spacial score (nSPS) is 14.2. The third kappa shape index (κ3) is 3.78. The van der Waals surface area contributed by atoms with Crippen molar-refractivity contribution in [2.45, 2.75) is 39.0 Å². The molecule has 4 nitrogen and oxygen atoms in total. The van der Waals surface area contributed by atoms with Gasteiger partial charge in [0.05, 0.1) is 22.4 Å². The molecule has 0 saturated heterocycles. The predicted octanol–water partition coefficient (Wildman–Crippen LogP) is 4.35. The average molecular weight is 373 g/mol. The second-order valence-electron chi connectivity index (χ2n) is 5.22. The lowest BCUT2D eigenvalue weighted by Crippen LogP contribution is -2.31. The zero-order valence-corrected chi connectivity index (χ0v) is 14.6. The standard InChI is InChI=1S/C15H19BrClN3O/c1-9(2)20-15(13(16)8-19-20)14(18)10(3)21-12-6-4-5-11(17)7-12/h4-10,14H,18H2,1-3H3. The van der Waals surface area contributed by atoms with Crippen molar-refractivity contribution < 1.29 is 4.74 Å². The van der Waals surface area contributed by atoms with Gasteiger partial charge in [-0.2, -0.15) is 5.10 Å². The Morgan fingerprint density at radius 1 is 1.33 bits per heavy atom. The van der Waals surface area contributed by atoms with Crippen LogP contribution in [0.2, 0.25) is 5.02 Å². The third-order valence-electron chi connectivity index (χ3n) is 3.22. The Labute approximate surface area is 138 Å². The van der Waals surface area contributed by atoms with E-state index in [1.807, 2.05) is 29.8 Å². The van der Waals surface area contributed by atoms with E-state index in [1.165, 1.54) is 0 Å². The molecule has 0 radical (unpaired) electrons. The van der Waals surface area contributed by atoms with Crippen LogP contribution in [0.4, 0.5) is 0 Å². The summed E-state index contributed by atoms with van der Waals surface area (Å²) in [4.78, 5) is 0. The van der Waals surface area contributed by atoms with Gasteiger partial charge in [0, 0.05) is 11.1 Å². The number of nitrogens with zero attached hydrogens (tertiary/aromatic N) is 2. The fourth-order valence-electron chi connectivity index (χ4n) is 2.12. The van der Waals surface area contributed by atoms with Crippen molar-refractivity contribution in [3.05, 3.63) is 45.7 Å². The van der Waals surface area contributed by atoms with Crippen molar-refractivity contribution in [2.75, 3.05) is 0 Å². The topological polar surface area (TPSA) is 53.1 Å². The zero-order chi connectivity index (χ0) is 15.6. The van der Waals surface area contributed by atoms with E-state index in [2.05, 4.69) is 34.9 Å². The van der Waals surface area contributed by atoms with Gasteiger partial charge in [-0.3, -0.25) is 4.68 Å². The van der Waals surface area contributed by atoms with Gasteiger partial charge in [0.1, 0.15) is 11.9 Å². The number of aromatic nitrogens is 2. The molecule has 0 aliphatic heterocycles. The highest BCUT2D eigenvalue weighted by atomic mass is 79.9. The monoisotopic (exact) mass is 371 g/mol. The number of hydrogen-bond donors (Lipinski definition) is 1. The van der Waals surface area contributed by atoms with E-state index in [-0.39, 0.29) is 18.2 Å². The fourth-order valence-corrected chi connectivity index (χ4v) is 2.84. The maximum absolute atomic E-state index is 6.36. The summed E-state index contributed by atoms with van der Waals surface area (Å²) >= 11 is 9.48. The zero-order valence-electron chi connectivity index (χ0n) is 12.3. The van der Waals surface area contributed by atoms with Gasteiger partial charge < -0.3 is 10.5 Å². The molecule has 0 amide bonds. The number of rotatable bonds is 5. The molecule has 1 heterocycles. The lowest BCUT2D eigenvalue weighted by molar-refractivity contribution is 0.184. The van der Waals surface area contributed by atoms with Crippen LogP contribution < -0.4 is 10.5 Å². The van der Waals surface area contributed by atoms with Gasteiger partial charge in [0.15, 0.2) is 0 Å². The largest absolute Gasteiger partial charge is 0.489 e. The molecule has 0 saturated carbocycles. The van der Waals surface area contributed by atoms with Crippen molar-refractivity contribution >= 4 is 27.5 Å². The maximum atomic E-state index is 6.36. The van der Waals surface area contributed by atoms with Crippen molar-refractivity contribution in [2.24, 2.45) is 5.73 Å². The quantitative estimate of drug-likeness (QED) is 0.849. The Balaban J connectivity index is 2.19. The lowest BCUT2D eigenvalue weighted by atomic mass is 10.1. The van der Waals surface area contributed by atoms with Crippen LogP contribution in [0.1, 0.15) is 38.5 Å². The minimum Gasteiger partial charge on any atom is -0.489 e. The molecule has 1 aromatic heterocycles. The average Bonchev–Trinajstić information content (AvgIpc) is 2.80. The summed E-state index contributed by atoms with van der Waals surface area (Å²) in [5.74, 6) is 0.706. The van der Waals surface area contributed by atoms with Crippen molar-refractivity contribution in [3.63, 3.8) is 0 Å². The van der Waals surface area contributed by atoms with Crippen LogP contribution in [0.15, 0.2) is 34.9 Å². The molecule has 0 fully saturated rings. The van der Waals surface area contributed by atoms with Crippen LogP contribution >= 0.6 is 27.5 Å². The second-order valence-corrected chi connectivity index (χ2v) is 6.51. The molecule has 2 unspecified atom stereocenters. The van der Waals surface area contributed by atoms with Gasteiger partial charge in [0.25, 0.3) is 0 Å². The van der Waals surface area contributed by atoms with Crippen LogP contribution in [-0.4, -0.2) is 15.9 Å². The van der Waals surface area contributed by atoms with Crippen LogP contribution in [0.3, 0.4) is 0 Å². The highest BCUT2D eigenvalue weighted by Gasteiger charge is 2.24. The van der Waals surface area contributed by atoms with E-state index in [9.17, 15) is 0 Å². The lowest BCUT2D eigenvalue weighted by Gasteiger charge is -2.24. The Morgan fingerprint density at radius 2 is 2.05 bits per heavy atom. The van der Waals surface area contributed by atoms with Crippen molar-refractivity contribution in [1.29, 1.82) is 0 Å². The van der Waals surface area contributed by atoms with Gasteiger partial charge in [-0.1, -0.05) is 17.7 Å². The van der Waals surface area contributed by atoms with Gasteiger partial charge in [0.2, 0.25) is 0 Å². The van der Waals surface area contributed by atoms with Gasteiger partial charge >= 0.3 is 0 Å². The molecule has 0 aliphatic carbocycles. The molecule has 1 aromatic carbocycles. The van der Waals surface area contributed by atoms with Crippen LogP contribution in [0.5, 0.6) is 5.75 Å². The first-order valence-electron chi connectivity index (χ1n) is 6.81. The number of halogens is 2. The molecule has 21 heavy (non-hydrogen) atoms. The van der Waals surface area contributed by atoms with E-state index >= 15 is 0 Å². The predicted molar refractivity (Wildman–Crippen MR) is 88.8 cm³/mol. The molecule has 0 bridgehead atoms. The van der Waals surface area contributed by atoms with Gasteiger partial charge in [-0.15, -0.1) is 0 Å². The summed E-state index contributed by atoms with van der Waals surface area (Å²) in [6.07, 6.45) is 1.55. The molecule has 2 atom stereocenters. The molecule has 2 aromatic rings. The number of ether oxygens (including phenoxy) is 1. The molecule has 6 heteroatoms. The van der Waals surface area contributed by atoms with Crippen molar-refractivity contribution in [1.82, 2.24) is 9.78 Å². The first kappa shape index (κ1) is 16.3. The number of hydrogen-bond acceptors (Lipinski definition) is 3. The minimum atomic E-state index is -0.303. The Kier molecular flexibility index (Phi) is 5.30. The summed E-state index contributed by atoms with van der Waals surface area (Å²) in [7, 11) is 0. The van der Waals surface area contributed by atoms with E-state index in [1.54, 1.807) is 12.3 Å². The summed E-state index contributed by atoms with van der Waals surface area (Å²) in [6, 6.07) is 7.23. The summed E-state index contributed by atoms with van der Waals surface area (Å²) in [5, 5.41) is 4.99. The molecule has 2 N–H and O–H groups in total. The van der Waals surface area contributed by atoms with E-state index in [4.69, 9.17) is 22.1 Å². The van der Waals surface area contributed by atoms with Crippen LogP contribution in [0, 0.1) is 0 Å². The molecular formula is C15H19BrClN3O. The van der Waals surface area contributed by atoms with Gasteiger partial charge in [-0.25, -0.2) is 0 Å². The van der Waals surface area contributed by atoms with E-state index in [0.717, 1.165) is 10.2 Å². The van der Waals surface area contributed by atoms with E-state index < -0.39 is 0 Å². The first-order chi connectivity index (χ1) is 9.90.